The molecule has 0 aliphatic carbocycles. The molecule has 4 rings (SSSR count). The van der Waals surface area contributed by atoms with E-state index in [2.05, 4.69) is 57.7 Å². The number of hydrogen-bond donors (Lipinski definition) is 0. The fourth-order valence-electron chi connectivity index (χ4n) is 2.67. The molecule has 3 heterocycles. The number of hydrogen-bond acceptors (Lipinski definition) is 0. The van der Waals surface area contributed by atoms with Crippen molar-refractivity contribution in [3.63, 3.8) is 0 Å². The molecule has 1 aromatic carbocycles. The van der Waals surface area contributed by atoms with Crippen molar-refractivity contribution < 1.29 is 0 Å². The van der Waals surface area contributed by atoms with Gasteiger partial charge in [0.1, 0.15) is 0 Å². The molecule has 0 atom stereocenters. The highest BCUT2D eigenvalue weighted by Crippen LogP contribution is 1.76. The normalized spacial score (nSPS) is 16.8. The first-order valence-corrected chi connectivity index (χ1v) is 5.23. The molecule has 3 radical (unpaired) electrons. The van der Waals surface area contributed by atoms with Crippen LogP contribution in [0.5, 0.6) is 0 Å². The van der Waals surface area contributed by atoms with E-state index in [-0.39, 0.29) is 0 Å². The van der Waals surface area contributed by atoms with Crippen molar-refractivity contribution in [3.8, 4) is 0 Å². The first kappa shape index (κ1) is 7.87. The fraction of sp³-hybridized carbons (Fsp3) is 0. The van der Waals surface area contributed by atoms with Gasteiger partial charge in [0.05, 0.1) is 0 Å². The van der Waals surface area contributed by atoms with Gasteiger partial charge in [0.2, 0.25) is 0 Å². The second kappa shape index (κ2) is 2.60. The van der Waals surface area contributed by atoms with Gasteiger partial charge in [-0.1, -0.05) is 0 Å². The zero-order valence-electron chi connectivity index (χ0n) is 8.20. The first-order valence-electron chi connectivity index (χ1n) is 5.23. The minimum Gasteiger partial charge on any atom is -0.109 e. The maximum Gasteiger partial charge on any atom is 0.172 e. The Hall–Kier alpha value is -1.37. The van der Waals surface area contributed by atoms with E-state index < -0.39 is 0 Å². The average Bonchev–Trinajstić information content (AvgIpc) is 2.97. The zero-order chi connectivity index (χ0) is 9.83. The Bertz CT molecular complexity index is 608. The lowest BCUT2D eigenvalue weighted by Gasteiger charge is -1.93. The van der Waals surface area contributed by atoms with Gasteiger partial charge in [-0.25, -0.2) is 0 Å². The van der Waals surface area contributed by atoms with Crippen LogP contribution >= 0.6 is 0 Å². The van der Waals surface area contributed by atoms with Crippen LogP contribution in [0.3, 0.4) is 0 Å². The smallest absolute Gasteiger partial charge is 0.109 e. The second-order valence-electron chi connectivity index (χ2n) is 4.06. The summed E-state index contributed by atoms with van der Waals surface area (Å²) in [6.45, 7) is 0. The fourth-order valence-corrected chi connectivity index (χ4v) is 2.67. The molecule has 3 aliphatic rings. The van der Waals surface area contributed by atoms with Crippen molar-refractivity contribution in [2.24, 2.45) is 0 Å². The molecule has 0 unspecified atom stereocenters. The summed E-state index contributed by atoms with van der Waals surface area (Å²) >= 11 is 0. The molecule has 0 fully saturated rings. The maximum absolute atomic E-state index is 2.21. The summed E-state index contributed by atoms with van der Waals surface area (Å²) < 4.78 is 0. The minimum absolute atomic E-state index is 1.38. The number of rotatable bonds is 0. The predicted molar refractivity (Wildman–Crippen MR) is 68.2 cm³/mol. The Morgan fingerprint density at radius 3 is 0.800 bits per heavy atom. The van der Waals surface area contributed by atoms with Gasteiger partial charge in [0.25, 0.3) is 0 Å². The van der Waals surface area contributed by atoms with Crippen molar-refractivity contribution in [1.29, 1.82) is 0 Å². The third-order valence-corrected chi connectivity index (χ3v) is 3.32. The van der Waals surface area contributed by atoms with Crippen molar-refractivity contribution in [2.75, 3.05) is 0 Å². The van der Waals surface area contributed by atoms with Crippen molar-refractivity contribution in [3.05, 3.63) is 31.3 Å². The summed E-state index contributed by atoms with van der Waals surface area (Å²) in [5.74, 6) is 13.3. The third-order valence-electron chi connectivity index (χ3n) is 3.32. The van der Waals surface area contributed by atoms with Gasteiger partial charge < -0.3 is 0 Å². The maximum atomic E-state index is 2.21. The van der Waals surface area contributed by atoms with Gasteiger partial charge in [-0.2, -0.15) is 0 Å². The average molecular weight is 183 g/mol. The molecular formula is C12H6B3. The monoisotopic (exact) mass is 183 g/mol. The highest BCUT2D eigenvalue weighted by atomic mass is 14.0. The molecule has 0 nitrogen and oxygen atoms in total. The van der Waals surface area contributed by atoms with E-state index in [1.165, 1.54) is 31.3 Å². The Labute approximate surface area is 89.4 Å². The Balaban J connectivity index is 2.61. The molecule has 1 aromatic rings. The lowest BCUT2D eigenvalue weighted by atomic mass is 9.81. The Morgan fingerprint density at radius 1 is 0.400 bits per heavy atom. The summed E-state index contributed by atoms with van der Waals surface area (Å²) in [4.78, 5) is 0. The van der Waals surface area contributed by atoms with Crippen LogP contribution in [-0.4, -0.2) is 21.8 Å². The van der Waals surface area contributed by atoms with Gasteiger partial charge >= 0.3 is 0 Å². The Morgan fingerprint density at radius 2 is 0.600 bits per heavy atom. The molecule has 3 aliphatic heterocycles. The van der Waals surface area contributed by atoms with E-state index >= 15 is 0 Å². The first-order chi connectivity index (χ1) is 7.45. The van der Waals surface area contributed by atoms with Crippen LogP contribution in [0.2, 0.25) is 0 Å². The zero-order valence-corrected chi connectivity index (χ0v) is 8.20. The SMILES string of the molecule is [B]1C=c2c3c(c4c(c2=C1)=C[B]C=4)=C[B]C=3. The van der Waals surface area contributed by atoms with Crippen LogP contribution in [-0.2, 0) is 0 Å². The molecular weight excluding hydrogens is 177 g/mol. The number of fused-ring (bicyclic) bond motifs is 6. The van der Waals surface area contributed by atoms with Gasteiger partial charge in [-0.15, -0.1) is 35.9 Å². The second-order valence-corrected chi connectivity index (χ2v) is 4.06. The highest BCUT2D eigenvalue weighted by Gasteiger charge is 2.07. The summed E-state index contributed by atoms with van der Waals surface area (Å²) in [5, 5.41) is 8.30. The summed E-state index contributed by atoms with van der Waals surface area (Å²) in [6, 6.07) is 0. The largest absolute Gasteiger partial charge is 0.172 e. The van der Waals surface area contributed by atoms with Crippen LogP contribution in [0.4, 0.5) is 0 Å². The van der Waals surface area contributed by atoms with E-state index in [1.54, 1.807) is 0 Å². The molecule has 0 amide bonds. The molecule has 63 valence electrons. The lowest BCUT2D eigenvalue weighted by Crippen LogP contribution is -2.62. The van der Waals surface area contributed by atoms with Crippen molar-refractivity contribution >= 4 is 57.7 Å². The van der Waals surface area contributed by atoms with Gasteiger partial charge in [-0.05, 0) is 31.3 Å². The van der Waals surface area contributed by atoms with Gasteiger partial charge in [-0.3, -0.25) is 0 Å². The molecule has 0 bridgehead atoms. The summed E-state index contributed by atoms with van der Waals surface area (Å²) in [5.41, 5.74) is 0. The topological polar surface area (TPSA) is 0 Å². The van der Waals surface area contributed by atoms with Crippen LogP contribution in [0, 0.1) is 0 Å². The summed E-state index contributed by atoms with van der Waals surface area (Å²) in [7, 11) is 6.43. The quantitative estimate of drug-likeness (QED) is 0.362. The molecule has 0 saturated carbocycles. The van der Waals surface area contributed by atoms with Crippen molar-refractivity contribution in [1.82, 2.24) is 0 Å². The van der Waals surface area contributed by atoms with Gasteiger partial charge in [0, 0.05) is 0 Å². The Kier molecular flexibility index (Phi) is 1.36. The van der Waals surface area contributed by atoms with Crippen LogP contribution in [0.1, 0.15) is 0 Å². The van der Waals surface area contributed by atoms with E-state index in [1.807, 2.05) is 0 Å². The van der Waals surface area contributed by atoms with Crippen molar-refractivity contribution in [2.45, 2.75) is 0 Å². The van der Waals surface area contributed by atoms with Crippen LogP contribution in [0.25, 0.3) is 35.9 Å². The number of benzene rings is 1. The van der Waals surface area contributed by atoms with E-state index in [0.29, 0.717) is 0 Å². The molecule has 0 saturated heterocycles. The molecule has 15 heavy (non-hydrogen) atoms. The standard InChI is InChI=1S/C12H6B3/c1-7-8(2-13-1)10-4-15-6-12(10)11-5-14-3-9(7)11/h1-6H. The van der Waals surface area contributed by atoms with E-state index in [4.69, 9.17) is 0 Å². The molecule has 3 heteroatoms. The predicted octanol–water partition coefficient (Wildman–Crippen LogP) is -3.73. The summed E-state index contributed by atoms with van der Waals surface area (Å²) in [6.07, 6.45) is 0. The van der Waals surface area contributed by atoms with Crippen LogP contribution in [0.15, 0.2) is 0 Å². The molecule has 0 N–H and O–H groups in total. The minimum atomic E-state index is 1.38. The van der Waals surface area contributed by atoms with Gasteiger partial charge in [0.15, 0.2) is 21.8 Å². The molecule has 0 aromatic heterocycles. The van der Waals surface area contributed by atoms with Crippen LogP contribution < -0.4 is 31.3 Å². The molecule has 0 spiro atoms. The third kappa shape index (κ3) is 0.865. The lowest BCUT2D eigenvalue weighted by molar-refractivity contribution is 1.34. The van der Waals surface area contributed by atoms with E-state index in [0.717, 1.165) is 0 Å². The highest BCUT2D eigenvalue weighted by molar-refractivity contribution is 6.70. The van der Waals surface area contributed by atoms with E-state index in [9.17, 15) is 0 Å².